The van der Waals surface area contributed by atoms with Gasteiger partial charge in [0, 0.05) is 19.3 Å². The van der Waals surface area contributed by atoms with Gasteiger partial charge in [0.15, 0.2) is 0 Å². The number of amides is 1. The molecule has 1 aliphatic rings. The van der Waals surface area contributed by atoms with Gasteiger partial charge in [-0.2, -0.15) is 0 Å². The standard InChI is InChI=1S/C16H17N3O3S/c1-12-11-18(23(21,22)14-6-5-9-17-10-14)15-7-3-4-8-16(15)19(12)13(2)20/h3-10,12H,11H2,1-2H3/t12-/m0/s1. The number of carbonyl (C=O) groups excluding carboxylic acids is 1. The van der Waals surface area contributed by atoms with E-state index >= 15 is 0 Å². The number of anilines is 2. The fourth-order valence-corrected chi connectivity index (χ4v) is 4.40. The van der Waals surface area contributed by atoms with Gasteiger partial charge in [0.1, 0.15) is 4.90 Å². The molecule has 7 heteroatoms. The smallest absolute Gasteiger partial charge is 0.265 e. The van der Waals surface area contributed by atoms with Crippen LogP contribution in [0.5, 0.6) is 0 Å². The number of hydrogen-bond donors (Lipinski definition) is 0. The highest BCUT2D eigenvalue weighted by molar-refractivity contribution is 7.92. The number of nitrogens with zero attached hydrogens (tertiary/aromatic N) is 3. The SMILES string of the molecule is CC(=O)N1c2ccccc2N(S(=O)(=O)c2cccnc2)C[C@@H]1C. The van der Waals surface area contributed by atoms with Crippen LogP contribution < -0.4 is 9.21 Å². The fraction of sp³-hybridized carbons (Fsp3) is 0.250. The molecule has 1 aromatic heterocycles. The number of para-hydroxylation sites is 2. The van der Waals surface area contributed by atoms with E-state index in [-0.39, 0.29) is 23.4 Å². The van der Waals surface area contributed by atoms with Gasteiger partial charge in [0.05, 0.1) is 24.0 Å². The normalized spacial score (nSPS) is 17.7. The van der Waals surface area contributed by atoms with Crippen LogP contribution in [0.1, 0.15) is 13.8 Å². The third-order valence-corrected chi connectivity index (χ3v) is 5.61. The summed E-state index contributed by atoms with van der Waals surface area (Å²) in [4.78, 5) is 17.6. The van der Waals surface area contributed by atoms with Gasteiger partial charge in [-0.25, -0.2) is 8.42 Å². The summed E-state index contributed by atoms with van der Waals surface area (Å²) in [6, 6.07) is 9.89. The number of hydrogen-bond acceptors (Lipinski definition) is 4. The number of carbonyl (C=O) groups is 1. The number of benzene rings is 1. The zero-order valence-corrected chi connectivity index (χ0v) is 13.7. The van der Waals surface area contributed by atoms with Crippen molar-refractivity contribution in [3.8, 4) is 0 Å². The van der Waals surface area contributed by atoms with E-state index in [1.807, 2.05) is 6.92 Å². The summed E-state index contributed by atoms with van der Waals surface area (Å²) >= 11 is 0. The molecule has 2 aromatic rings. The van der Waals surface area contributed by atoms with Crippen molar-refractivity contribution in [2.45, 2.75) is 24.8 Å². The van der Waals surface area contributed by atoms with Crippen molar-refractivity contribution < 1.29 is 13.2 Å². The van der Waals surface area contributed by atoms with Crippen LogP contribution in [0.2, 0.25) is 0 Å². The summed E-state index contributed by atoms with van der Waals surface area (Å²) in [5.74, 6) is -0.108. The first kappa shape index (κ1) is 15.5. The first-order chi connectivity index (χ1) is 10.9. The van der Waals surface area contributed by atoms with E-state index < -0.39 is 10.0 Å². The molecule has 0 N–H and O–H groups in total. The molecule has 0 spiro atoms. The fourth-order valence-electron chi connectivity index (χ4n) is 2.87. The molecule has 0 radical (unpaired) electrons. The topological polar surface area (TPSA) is 70.6 Å². The predicted octanol–water partition coefficient (Wildman–Crippen LogP) is 2.03. The third kappa shape index (κ3) is 2.57. The van der Waals surface area contributed by atoms with Gasteiger partial charge < -0.3 is 4.90 Å². The molecule has 3 rings (SSSR count). The van der Waals surface area contributed by atoms with Gasteiger partial charge in [-0.1, -0.05) is 12.1 Å². The van der Waals surface area contributed by atoms with Crippen molar-refractivity contribution in [3.05, 3.63) is 48.8 Å². The predicted molar refractivity (Wildman–Crippen MR) is 87.8 cm³/mol. The van der Waals surface area contributed by atoms with E-state index in [0.29, 0.717) is 11.4 Å². The molecule has 0 saturated carbocycles. The molecular weight excluding hydrogens is 314 g/mol. The summed E-state index contributed by atoms with van der Waals surface area (Å²) in [5, 5.41) is 0. The molecule has 6 nitrogen and oxygen atoms in total. The lowest BCUT2D eigenvalue weighted by Gasteiger charge is -2.40. The molecular formula is C16H17N3O3S. The Morgan fingerprint density at radius 2 is 1.87 bits per heavy atom. The maximum Gasteiger partial charge on any atom is 0.265 e. The monoisotopic (exact) mass is 331 g/mol. The number of pyridine rings is 1. The van der Waals surface area contributed by atoms with Crippen LogP contribution in [0.4, 0.5) is 11.4 Å². The molecule has 120 valence electrons. The summed E-state index contributed by atoms with van der Waals surface area (Å²) in [5.41, 5.74) is 1.11. The average Bonchev–Trinajstić information content (AvgIpc) is 2.54. The van der Waals surface area contributed by atoms with Crippen molar-refractivity contribution in [1.29, 1.82) is 0 Å². The van der Waals surface area contributed by atoms with Crippen molar-refractivity contribution in [1.82, 2.24) is 4.98 Å². The van der Waals surface area contributed by atoms with Gasteiger partial charge >= 0.3 is 0 Å². The second-order valence-electron chi connectivity index (χ2n) is 5.45. The first-order valence-corrected chi connectivity index (χ1v) is 8.68. The molecule has 0 bridgehead atoms. The van der Waals surface area contributed by atoms with Crippen LogP contribution >= 0.6 is 0 Å². The highest BCUT2D eigenvalue weighted by atomic mass is 32.2. The van der Waals surface area contributed by atoms with Crippen LogP contribution in [0.15, 0.2) is 53.7 Å². The minimum absolute atomic E-state index is 0.108. The Labute approximate surface area is 135 Å². The van der Waals surface area contributed by atoms with Crippen molar-refractivity contribution in [3.63, 3.8) is 0 Å². The Hall–Kier alpha value is -2.41. The Kier molecular flexibility index (Phi) is 3.81. The van der Waals surface area contributed by atoms with E-state index in [4.69, 9.17) is 0 Å². The molecule has 1 atom stereocenters. The number of rotatable bonds is 2. The summed E-state index contributed by atoms with van der Waals surface area (Å²) < 4.78 is 27.3. The lowest BCUT2D eigenvalue weighted by Crippen LogP contribution is -2.51. The maximum absolute atomic E-state index is 13.0. The van der Waals surface area contributed by atoms with Crippen molar-refractivity contribution in [2.24, 2.45) is 0 Å². The zero-order valence-electron chi connectivity index (χ0n) is 12.9. The van der Waals surface area contributed by atoms with Crippen LogP contribution in [-0.4, -0.2) is 31.9 Å². The Balaban J connectivity index is 2.15. The van der Waals surface area contributed by atoms with E-state index in [2.05, 4.69) is 4.98 Å². The largest absolute Gasteiger partial charge is 0.306 e. The van der Waals surface area contributed by atoms with E-state index in [9.17, 15) is 13.2 Å². The van der Waals surface area contributed by atoms with Crippen molar-refractivity contribution >= 4 is 27.3 Å². The second-order valence-corrected chi connectivity index (χ2v) is 7.31. The van der Waals surface area contributed by atoms with E-state index in [0.717, 1.165) is 0 Å². The Morgan fingerprint density at radius 1 is 1.17 bits per heavy atom. The van der Waals surface area contributed by atoms with Crippen LogP contribution in [0.25, 0.3) is 0 Å². The van der Waals surface area contributed by atoms with Gasteiger partial charge in [0.25, 0.3) is 10.0 Å². The Bertz CT molecular complexity index is 837. The third-order valence-electron chi connectivity index (χ3n) is 3.84. The van der Waals surface area contributed by atoms with Crippen LogP contribution in [-0.2, 0) is 14.8 Å². The molecule has 0 fully saturated rings. The number of aromatic nitrogens is 1. The highest BCUT2D eigenvalue weighted by Crippen LogP contribution is 2.38. The second kappa shape index (κ2) is 5.66. The molecule has 1 aromatic carbocycles. The molecule has 0 unspecified atom stereocenters. The number of sulfonamides is 1. The average molecular weight is 331 g/mol. The van der Waals surface area contributed by atoms with Crippen molar-refractivity contribution in [2.75, 3.05) is 15.7 Å². The summed E-state index contributed by atoms with van der Waals surface area (Å²) in [7, 11) is -3.72. The minimum Gasteiger partial charge on any atom is -0.306 e. The van der Waals surface area contributed by atoms with E-state index in [1.54, 1.807) is 35.2 Å². The highest BCUT2D eigenvalue weighted by Gasteiger charge is 2.36. The lowest BCUT2D eigenvalue weighted by molar-refractivity contribution is -0.117. The number of fused-ring (bicyclic) bond motifs is 1. The van der Waals surface area contributed by atoms with E-state index in [1.165, 1.54) is 29.7 Å². The van der Waals surface area contributed by atoms with Crippen LogP contribution in [0, 0.1) is 0 Å². The van der Waals surface area contributed by atoms with Gasteiger partial charge in [0.2, 0.25) is 5.91 Å². The van der Waals surface area contributed by atoms with Gasteiger partial charge in [-0.05, 0) is 31.2 Å². The summed E-state index contributed by atoms with van der Waals surface area (Å²) in [6.45, 7) is 3.52. The summed E-state index contributed by atoms with van der Waals surface area (Å²) in [6.07, 6.45) is 2.86. The molecule has 0 aliphatic carbocycles. The molecule has 1 aliphatic heterocycles. The first-order valence-electron chi connectivity index (χ1n) is 7.24. The molecule has 0 saturated heterocycles. The van der Waals surface area contributed by atoms with Gasteiger partial charge in [-0.3, -0.25) is 14.1 Å². The molecule has 1 amide bonds. The minimum atomic E-state index is -3.72. The lowest BCUT2D eigenvalue weighted by atomic mass is 10.1. The molecule has 23 heavy (non-hydrogen) atoms. The zero-order chi connectivity index (χ0) is 16.6. The molecule has 2 heterocycles. The maximum atomic E-state index is 13.0. The van der Waals surface area contributed by atoms with Crippen LogP contribution in [0.3, 0.4) is 0 Å². The quantitative estimate of drug-likeness (QED) is 0.844. The Morgan fingerprint density at radius 3 is 2.48 bits per heavy atom. The van der Waals surface area contributed by atoms with Gasteiger partial charge in [-0.15, -0.1) is 0 Å².